The summed E-state index contributed by atoms with van der Waals surface area (Å²) in [6.45, 7) is 0. The van der Waals surface area contributed by atoms with Crippen LogP contribution < -0.4 is 15.2 Å². The number of anilines is 1. The summed E-state index contributed by atoms with van der Waals surface area (Å²) in [4.78, 5) is 0. The van der Waals surface area contributed by atoms with Crippen LogP contribution in [-0.2, 0) is 0 Å². The molecule has 0 spiro atoms. The Morgan fingerprint density at radius 2 is 1.90 bits per heavy atom. The van der Waals surface area contributed by atoms with Crippen molar-refractivity contribution in [1.82, 2.24) is 0 Å². The Bertz CT molecular complexity index is 698. The second-order valence-corrected chi connectivity index (χ2v) is 4.32. The van der Waals surface area contributed by atoms with Crippen molar-refractivity contribution < 1.29 is 13.9 Å². The van der Waals surface area contributed by atoms with Crippen LogP contribution in [0.5, 0.6) is 17.2 Å². The highest BCUT2D eigenvalue weighted by Gasteiger charge is 2.10. The normalized spacial score (nSPS) is 9.90. The van der Waals surface area contributed by atoms with Crippen molar-refractivity contribution >= 4 is 17.3 Å². The number of nitrogens with zero attached hydrogens (tertiary/aromatic N) is 1. The summed E-state index contributed by atoms with van der Waals surface area (Å²) in [7, 11) is 1.47. The molecule has 0 aliphatic heterocycles. The van der Waals surface area contributed by atoms with Crippen LogP contribution in [-0.4, -0.2) is 7.11 Å². The lowest BCUT2D eigenvalue weighted by atomic mass is 10.2. The van der Waals surface area contributed by atoms with Crippen molar-refractivity contribution in [2.45, 2.75) is 0 Å². The Balaban J connectivity index is 2.40. The highest BCUT2D eigenvalue weighted by atomic mass is 35.5. The molecule has 4 nitrogen and oxygen atoms in total. The fraction of sp³-hybridized carbons (Fsp3) is 0.0714. The quantitative estimate of drug-likeness (QED) is 0.875. The summed E-state index contributed by atoms with van der Waals surface area (Å²) in [5.41, 5.74) is 6.25. The average Bonchev–Trinajstić information content (AvgIpc) is 2.44. The minimum absolute atomic E-state index is 0.0850. The monoisotopic (exact) mass is 292 g/mol. The van der Waals surface area contributed by atoms with E-state index in [1.807, 2.05) is 6.07 Å². The third-order valence-corrected chi connectivity index (χ3v) is 2.82. The molecule has 2 aromatic rings. The number of hydrogen-bond acceptors (Lipinski definition) is 4. The van der Waals surface area contributed by atoms with Crippen LogP contribution in [0.1, 0.15) is 5.56 Å². The van der Waals surface area contributed by atoms with E-state index in [9.17, 15) is 4.39 Å². The van der Waals surface area contributed by atoms with Gasteiger partial charge in [-0.3, -0.25) is 0 Å². The molecule has 0 heterocycles. The molecule has 2 rings (SSSR count). The smallest absolute Gasteiger partial charge is 0.153 e. The molecule has 102 valence electrons. The van der Waals surface area contributed by atoms with E-state index in [-0.39, 0.29) is 16.5 Å². The van der Waals surface area contributed by atoms with Crippen LogP contribution in [0.4, 0.5) is 10.1 Å². The maximum Gasteiger partial charge on any atom is 0.153 e. The van der Waals surface area contributed by atoms with Crippen molar-refractivity contribution in [3.05, 3.63) is 46.7 Å². The summed E-state index contributed by atoms with van der Waals surface area (Å²) >= 11 is 5.61. The lowest BCUT2D eigenvalue weighted by Gasteiger charge is -2.11. The standard InChI is InChI=1S/C14H10ClFN2O2/c1-19-9-2-8(7-17)3-10(4-9)20-14-6-12(16)11(15)5-13(14)18/h2-6H,18H2,1H3. The fourth-order valence-electron chi connectivity index (χ4n) is 1.57. The molecule has 0 aliphatic carbocycles. The van der Waals surface area contributed by atoms with E-state index in [1.165, 1.54) is 19.2 Å². The van der Waals surface area contributed by atoms with Gasteiger partial charge < -0.3 is 15.2 Å². The zero-order chi connectivity index (χ0) is 14.7. The molecule has 0 saturated carbocycles. The molecular weight excluding hydrogens is 283 g/mol. The Morgan fingerprint density at radius 1 is 1.20 bits per heavy atom. The topological polar surface area (TPSA) is 68.3 Å². The van der Waals surface area contributed by atoms with Crippen molar-refractivity contribution in [3.8, 4) is 23.3 Å². The predicted octanol–water partition coefficient (Wildman–Crippen LogP) is 3.73. The fourth-order valence-corrected chi connectivity index (χ4v) is 1.74. The van der Waals surface area contributed by atoms with Crippen LogP contribution in [0.15, 0.2) is 30.3 Å². The van der Waals surface area contributed by atoms with Gasteiger partial charge in [0.2, 0.25) is 0 Å². The Labute approximate surface area is 120 Å². The van der Waals surface area contributed by atoms with E-state index < -0.39 is 5.82 Å². The van der Waals surface area contributed by atoms with Crippen molar-refractivity contribution in [2.24, 2.45) is 0 Å². The first-order valence-corrected chi connectivity index (χ1v) is 5.93. The largest absolute Gasteiger partial charge is 0.497 e. The SMILES string of the molecule is COc1cc(C#N)cc(Oc2cc(F)c(Cl)cc2N)c1. The first-order valence-electron chi connectivity index (χ1n) is 5.55. The van der Waals surface area contributed by atoms with Gasteiger partial charge in [-0.2, -0.15) is 5.26 Å². The van der Waals surface area contributed by atoms with Gasteiger partial charge in [-0.1, -0.05) is 11.6 Å². The molecule has 0 atom stereocenters. The number of nitrogen functional groups attached to an aromatic ring is 1. The Hall–Kier alpha value is -2.45. The van der Waals surface area contributed by atoms with Crippen molar-refractivity contribution in [3.63, 3.8) is 0 Å². The van der Waals surface area contributed by atoms with E-state index >= 15 is 0 Å². The summed E-state index contributed by atoms with van der Waals surface area (Å²) < 4.78 is 23.9. The van der Waals surface area contributed by atoms with E-state index in [4.69, 9.17) is 32.1 Å². The van der Waals surface area contributed by atoms with Crippen LogP contribution in [0, 0.1) is 17.1 Å². The van der Waals surface area contributed by atoms with E-state index in [0.29, 0.717) is 17.1 Å². The third kappa shape index (κ3) is 2.92. The molecule has 2 N–H and O–H groups in total. The number of nitriles is 1. The molecule has 2 aromatic carbocycles. The highest BCUT2D eigenvalue weighted by molar-refractivity contribution is 6.31. The second kappa shape index (κ2) is 5.68. The second-order valence-electron chi connectivity index (χ2n) is 3.92. The van der Waals surface area contributed by atoms with E-state index in [2.05, 4.69) is 0 Å². The maximum absolute atomic E-state index is 13.4. The third-order valence-electron chi connectivity index (χ3n) is 2.53. The predicted molar refractivity (Wildman–Crippen MR) is 73.6 cm³/mol. The molecule has 0 fully saturated rings. The molecule has 0 saturated heterocycles. The number of rotatable bonds is 3. The van der Waals surface area contributed by atoms with Crippen molar-refractivity contribution in [2.75, 3.05) is 12.8 Å². The summed E-state index contributed by atoms with van der Waals surface area (Å²) in [6, 6.07) is 8.94. The summed E-state index contributed by atoms with van der Waals surface area (Å²) in [6.07, 6.45) is 0. The lowest BCUT2D eigenvalue weighted by molar-refractivity contribution is 0.409. The van der Waals surface area contributed by atoms with E-state index in [1.54, 1.807) is 12.1 Å². The maximum atomic E-state index is 13.4. The van der Waals surface area contributed by atoms with Crippen LogP contribution >= 0.6 is 11.6 Å². The summed E-state index contributed by atoms with van der Waals surface area (Å²) in [5.74, 6) is 0.240. The van der Waals surface area contributed by atoms with Crippen LogP contribution in [0.2, 0.25) is 5.02 Å². The molecule has 0 aliphatic rings. The van der Waals surface area contributed by atoms with E-state index in [0.717, 1.165) is 6.07 Å². The Morgan fingerprint density at radius 3 is 2.55 bits per heavy atom. The minimum atomic E-state index is -0.640. The Kier molecular flexibility index (Phi) is 3.97. The lowest BCUT2D eigenvalue weighted by Crippen LogP contribution is -1.95. The van der Waals surface area contributed by atoms with Gasteiger partial charge in [0.05, 0.1) is 29.5 Å². The number of benzene rings is 2. The zero-order valence-corrected chi connectivity index (χ0v) is 11.2. The number of ether oxygens (including phenoxy) is 2. The van der Waals surface area contributed by atoms with Crippen molar-refractivity contribution in [1.29, 1.82) is 5.26 Å². The van der Waals surface area contributed by atoms with Gasteiger partial charge in [0.15, 0.2) is 5.75 Å². The molecular formula is C14H10ClFN2O2. The van der Waals surface area contributed by atoms with Crippen LogP contribution in [0.3, 0.4) is 0 Å². The summed E-state index contributed by atoms with van der Waals surface area (Å²) in [5, 5.41) is 8.83. The molecule has 0 aromatic heterocycles. The van der Waals surface area contributed by atoms with Gasteiger partial charge >= 0.3 is 0 Å². The number of methoxy groups -OCH3 is 1. The number of hydrogen-bond donors (Lipinski definition) is 1. The molecule has 20 heavy (non-hydrogen) atoms. The minimum Gasteiger partial charge on any atom is -0.497 e. The zero-order valence-electron chi connectivity index (χ0n) is 10.5. The van der Waals surface area contributed by atoms with Gasteiger partial charge in [0.1, 0.15) is 17.3 Å². The van der Waals surface area contributed by atoms with Crippen LogP contribution in [0.25, 0.3) is 0 Å². The number of halogens is 2. The van der Waals surface area contributed by atoms with Gasteiger partial charge in [0.25, 0.3) is 0 Å². The first-order chi connectivity index (χ1) is 9.53. The van der Waals surface area contributed by atoms with Gasteiger partial charge in [-0.05, 0) is 18.2 Å². The molecule has 0 amide bonds. The molecule has 0 unspecified atom stereocenters. The van der Waals surface area contributed by atoms with Gasteiger partial charge in [-0.25, -0.2) is 4.39 Å². The van der Waals surface area contributed by atoms with Gasteiger partial charge in [-0.15, -0.1) is 0 Å². The molecule has 0 radical (unpaired) electrons. The van der Waals surface area contributed by atoms with Gasteiger partial charge in [0, 0.05) is 12.1 Å². The molecule has 0 bridgehead atoms. The molecule has 6 heteroatoms. The first kappa shape index (κ1) is 14.0. The number of nitrogens with two attached hydrogens (primary N) is 1. The average molecular weight is 293 g/mol. The highest BCUT2D eigenvalue weighted by Crippen LogP contribution is 2.33.